The van der Waals surface area contributed by atoms with Crippen LogP contribution in [0.2, 0.25) is 0 Å². The topological polar surface area (TPSA) is 38.9 Å². The number of rotatable bonds is 3. The number of nitrogens with two attached hydrogens (primary N) is 1. The first-order chi connectivity index (χ1) is 12.2. The SMILES string of the molecule is Cc1ccc2sc(-c3ccc(/C=C/c4ccc(N)cc4)cc3)nc2c1. The molecule has 25 heavy (non-hydrogen) atoms. The molecule has 2 nitrogen and oxygen atoms in total. The molecule has 0 amide bonds. The predicted octanol–water partition coefficient (Wildman–Crippen LogP) is 6.02. The van der Waals surface area contributed by atoms with Gasteiger partial charge in [-0.05, 0) is 47.9 Å². The van der Waals surface area contributed by atoms with Gasteiger partial charge in [-0.25, -0.2) is 4.98 Å². The highest BCUT2D eigenvalue weighted by atomic mass is 32.1. The molecular formula is C22H18N2S. The summed E-state index contributed by atoms with van der Waals surface area (Å²) in [6, 6.07) is 22.8. The lowest BCUT2D eigenvalue weighted by molar-refractivity contribution is 1.44. The summed E-state index contributed by atoms with van der Waals surface area (Å²) in [5.74, 6) is 0. The third kappa shape index (κ3) is 3.47. The van der Waals surface area contributed by atoms with Crippen molar-refractivity contribution in [2.24, 2.45) is 0 Å². The molecule has 3 aromatic carbocycles. The Morgan fingerprint density at radius 3 is 2.16 bits per heavy atom. The number of nitrogens with zero attached hydrogens (tertiary/aromatic N) is 1. The van der Waals surface area contributed by atoms with Gasteiger partial charge in [-0.1, -0.05) is 54.6 Å². The monoisotopic (exact) mass is 342 g/mol. The van der Waals surface area contributed by atoms with Crippen molar-refractivity contribution >= 4 is 39.4 Å². The number of aromatic nitrogens is 1. The molecule has 0 atom stereocenters. The van der Waals surface area contributed by atoms with Gasteiger partial charge in [0.2, 0.25) is 0 Å². The van der Waals surface area contributed by atoms with Crippen LogP contribution in [0.3, 0.4) is 0 Å². The van der Waals surface area contributed by atoms with Gasteiger partial charge < -0.3 is 5.73 Å². The van der Waals surface area contributed by atoms with Gasteiger partial charge in [-0.2, -0.15) is 0 Å². The molecule has 0 saturated carbocycles. The number of anilines is 1. The molecule has 0 saturated heterocycles. The molecule has 0 radical (unpaired) electrons. The summed E-state index contributed by atoms with van der Waals surface area (Å²) < 4.78 is 1.23. The molecule has 4 rings (SSSR count). The fourth-order valence-corrected chi connectivity index (χ4v) is 3.65. The van der Waals surface area contributed by atoms with Gasteiger partial charge in [0.05, 0.1) is 10.2 Å². The number of fused-ring (bicyclic) bond motifs is 1. The highest BCUT2D eigenvalue weighted by Gasteiger charge is 2.06. The van der Waals surface area contributed by atoms with Crippen molar-refractivity contribution < 1.29 is 0 Å². The quantitative estimate of drug-likeness (QED) is 0.365. The van der Waals surface area contributed by atoms with E-state index in [1.165, 1.54) is 10.3 Å². The fourth-order valence-electron chi connectivity index (χ4n) is 2.70. The molecular weight excluding hydrogens is 324 g/mol. The number of nitrogen functional groups attached to an aromatic ring is 1. The maximum Gasteiger partial charge on any atom is 0.124 e. The van der Waals surface area contributed by atoms with Crippen molar-refractivity contribution in [1.29, 1.82) is 0 Å². The summed E-state index contributed by atoms with van der Waals surface area (Å²) in [6.45, 7) is 2.10. The molecule has 0 aliphatic carbocycles. The fraction of sp³-hybridized carbons (Fsp3) is 0.0455. The molecule has 0 fully saturated rings. The van der Waals surface area contributed by atoms with E-state index in [1.807, 2.05) is 24.3 Å². The lowest BCUT2D eigenvalue weighted by Crippen LogP contribution is -1.82. The normalized spacial score (nSPS) is 11.4. The Kier molecular flexibility index (Phi) is 4.08. The smallest absolute Gasteiger partial charge is 0.124 e. The summed E-state index contributed by atoms with van der Waals surface area (Å²) in [5.41, 5.74) is 12.3. The molecule has 0 aliphatic heterocycles. The van der Waals surface area contributed by atoms with Gasteiger partial charge in [0, 0.05) is 11.3 Å². The third-order valence-electron chi connectivity index (χ3n) is 4.11. The molecule has 0 bridgehead atoms. The molecule has 0 unspecified atom stereocenters. The number of benzene rings is 3. The van der Waals surface area contributed by atoms with E-state index < -0.39 is 0 Å². The molecule has 2 N–H and O–H groups in total. The van der Waals surface area contributed by atoms with Crippen LogP contribution in [0.25, 0.3) is 32.9 Å². The van der Waals surface area contributed by atoms with E-state index in [0.717, 1.165) is 32.9 Å². The summed E-state index contributed by atoms with van der Waals surface area (Å²) in [7, 11) is 0. The molecule has 1 aromatic heterocycles. The van der Waals surface area contributed by atoms with Gasteiger partial charge in [-0.3, -0.25) is 0 Å². The van der Waals surface area contributed by atoms with E-state index in [4.69, 9.17) is 10.7 Å². The van der Waals surface area contributed by atoms with Crippen LogP contribution in [0.5, 0.6) is 0 Å². The molecule has 122 valence electrons. The zero-order chi connectivity index (χ0) is 17.2. The van der Waals surface area contributed by atoms with Crippen molar-refractivity contribution in [3.8, 4) is 10.6 Å². The standard InChI is InChI=1S/C22H18N2S/c1-15-2-13-21-20(14-15)24-22(25-21)18-9-5-16(6-10-18)3-4-17-7-11-19(23)12-8-17/h2-14H,23H2,1H3/b4-3+. The highest BCUT2D eigenvalue weighted by molar-refractivity contribution is 7.21. The lowest BCUT2D eigenvalue weighted by atomic mass is 10.1. The summed E-state index contributed by atoms with van der Waals surface area (Å²) >= 11 is 1.74. The summed E-state index contributed by atoms with van der Waals surface area (Å²) in [4.78, 5) is 4.76. The first-order valence-corrected chi connectivity index (χ1v) is 9.00. The average molecular weight is 342 g/mol. The Morgan fingerprint density at radius 2 is 1.48 bits per heavy atom. The van der Waals surface area contributed by atoms with Crippen LogP contribution in [-0.2, 0) is 0 Å². The number of aryl methyl sites for hydroxylation is 1. The Hall–Kier alpha value is -2.91. The predicted molar refractivity (Wildman–Crippen MR) is 110 cm³/mol. The van der Waals surface area contributed by atoms with Crippen molar-refractivity contribution in [1.82, 2.24) is 4.98 Å². The van der Waals surface area contributed by atoms with Crippen LogP contribution in [0, 0.1) is 6.92 Å². The van der Waals surface area contributed by atoms with Crippen LogP contribution < -0.4 is 5.73 Å². The van der Waals surface area contributed by atoms with Gasteiger partial charge in [0.15, 0.2) is 0 Å². The number of thiazole rings is 1. The molecule has 0 aliphatic rings. The third-order valence-corrected chi connectivity index (χ3v) is 5.19. The zero-order valence-corrected chi connectivity index (χ0v) is 14.8. The van der Waals surface area contributed by atoms with E-state index in [2.05, 4.69) is 61.5 Å². The lowest BCUT2D eigenvalue weighted by Gasteiger charge is -1.98. The van der Waals surface area contributed by atoms with Crippen molar-refractivity contribution in [2.45, 2.75) is 6.92 Å². The maximum absolute atomic E-state index is 5.71. The van der Waals surface area contributed by atoms with Crippen LogP contribution >= 0.6 is 11.3 Å². The Morgan fingerprint density at radius 1 is 0.840 bits per heavy atom. The second-order valence-electron chi connectivity index (χ2n) is 6.11. The molecule has 3 heteroatoms. The van der Waals surface area contributed by atoms with E-state index in [9.17, 15) is 0 Å². The largest absolute Gasteiger partial charge is 0.399 e. The summed E-state index contributed by atoms with van der Waals surface area (Å²) in [6.07, 6.45) is 4.20. The molecule has 0 spiro atoms. The van der Waals surface area contributed by atoms with E-state index in [-0.39, 0.29) is 0 Å². The van der Waals surface area contributed by atoms with Crippen molar-refractivity contribution in [3.05, 3.63) is 83.4 Å². The van der Waals surface area contributed by atoms with Crippen molar-refractivity contribution in [2.75, 3.05) is 5.73 Å². The maximum atomic E-state index is 5.71. The van der Waals surface area contributed by atoms with Crippen molar-refractivity contribution in [3.63, 3.8) is 0 Å². The van der Waals surface area contributed by atoms with E-state index in [1.54, 1.807) is 11.3 Å². The molecule has 1 heterocycles. The van der Waals surface area contributed by atoms with E-state index in [0.29, 0.717) is 0 Å². The summed E-state index contributed by atoms with van der Waals surface area (Å²) in [5, 5.41) is 1.06. The first kappa shape index (κ1) is 15.6. The minimum atomic E-state index is 0.785. The average Bonchev–Trinajstić information content (AvgIpc) is 3.05. The van der Waals surface area contributed by atoms with Gasteiger partial charge in [-0.15, -0.1) is 11.3 Å². The minimum Gasteiger partial charge on any atom is -0.399 e. The van der Waals surface area contributed by atoms with Crippen LogP contribution in [0.4, 0.5) is 5.69 Å². The second kappa shape index (κ2) is 6.54. The Labute approximate surface area is 151 Å². The van der Waals surface area contributed by atoms with Crippen LogP contribution in [-0.4, -0.2) is 4.98 Å². The second-order valence-corrected chi connectivity index (χ2v) is 7.14. The Balaban J connectivity index is 1.57. The van der Waals surface area contributed by atoms with Crippen LogP contribution in [0.1, 0.15) is 16.7 Å². The van der Waals surface area contributed by atoms with Crippen LogP contribution in [0.15, 0.2) is 66.7 Å². The zero-order valence-electron chi connectivity index (χ0n) is 13.9. The van der Waals surface area contributed by atoms with Gasteiger partial charge >= 0.3 is 0 Å². The van der Waals surface area contributed by atoms with Gasteiger partial charge in [0.25, 0.3) is 0 Å². The first-order valence-electron chi connectivity index (χ1n) is 8.19. The number of hydrogen-bond acceptors (Lipinski definition) is 3. The molecule has 4 aromatic rings. The minimum absolute atomic E-state index is 0.785. The highest BCUT2D eigenvalue weighted by Crippen LogP contribution is 2.30. The number of hydrogen-bond donors (Lipinski definition) is 1. The van der Waals surface area contributed by atoms with E-state index >= 15 is 0 Å². The Bertz CT molecular complexity index is 1040. The van der Waals surface area contributed by atoms with Gasteiger partial charge in [0.1, 0.15) is 5.01 Å².